The van der Waals surface area contributed by atoms with Gasteiger partial charge in [-0.3, -0.25) is 0 Å². The van der Waals surface area contributed by atoms with Crippen LogP contribution in [0.25, 0.3) is 0 Å². The van der Waals surface area contributed by atoms with Gasteiger partial charge in [0, 0.05) is 23.5 Å². The van der Waals surface area contributed by atoms with E-state index in [0.29, 0.717) is 0 Å². The van der Waals surface area contributed by atoms with Crippen molar-refractivity contribution in [2.45, 2.75) is 51.0 Å². The first-order valence-corrected chi connectivity index (χ1v) is 6.77. The van der Waals surface area contributed by atoms with Crippen molar-refractivity contribution >= 4 is 11.3 Å². The van der Waals surface area contributed by atoms with E-state index in [-0.39, 0.29) is 5.54 Å². The minimum atomic E-state index is 0.0313. The van der Waals surface area contributed by atoms with Crippen LogP contribution in [-0.2, 0) is 6.42 Å². The first kappa shape index (κ1) is 11.1. The molecule has 0 radical (unpaired) electrons. The molecule has 15 heavy (non-hydrogen) atoms. The lowest BCUT2D eigenvalue weighted by Crippen LogP contribution is -2.45. The molecule has 1 aromatic rings. The third-order valence-electron chi connectivity index (χ3n) is 3.67. The highest BCUT2D eigenvalue weighted by molar-refractivity contribution is 7.09. The number of nitrogens with two attached hydrogens (primary N) is 1. The monoisotopic (exact) mass is 224 g/mol. The molecule has 0 saturated heterocycles. The molecule has 3 heteroatoms. The summed E-state index contributed by atoms with van der Waals surface area (Å²) in [5, 5.41) is 3.24. The zero-order valence-corrected chi connectivity index (χ0v) is 10.2. The molecular formula is C12H20N2S. The second-order valence-electron chi connectivity index (χ2n) is 4.82. The Hall–Kier alpha value is -0.410. The quantitative estimate of drug-likeness (QED) is 0.857. The Bertz CT molecular complexity index is 287. The summed E-state index contributed by atoms with van der Waals surface area (Å²) in [7, 11) is 0. The van der Waals surface area contributed by atoms with Gasteiger partial charge in [-0.25, -0.2) is 4.98 Å². The summed E-state index contributed by atoms with van der Waals surface area (Å²) < 4.78 is 0. The summed E-state index contributed by atoms with van der Waals surface area (Å²) in [6.07, 6.45) is 9.11. The minimum absolute atomic E-state index is 0.0313. The second kappa shape index (κ2) is 4.62. The number of aromatic nitrogens is 1. The summed E-state index contributed by atoms with van der Waals surface area (Å²) in [6.45, 7) is 2.29. The molecule has 1 saturated carbocycles. The zero-order valence-electron chi connectivity index (χ0n) is 9.41. The van der Waals surface area contributed by atoms with Gasteiger partial charge in [0.05, 0.1) is 5.01 Å². The maximum Gasteiger partial charge on any atom is 0.0943 e. The zero-order chi connectivity index (χ0) is 10.7. The summed E-state index contributed by atoms with van der Waals surface area (Å²) in [6, 6.07) is 0. The topological polar surface area (TPSA) is 38.9 Å². The van der Waals surface area contributed by atoms with Gasteiger partial charge in [0.15, 0.2) is 0 Å². The largest absolute Gasteiger partial charge is 0.325 e. The van der Waals surface area contributed by atoms with Gasteiger partial charge in [-0.05, 0) is 31.6 Å². The van der Waals surface area contributed by atoms with E-state index in [9.17, 15) is 0 Å². The summed E-state index contributed by atoms with van der Waals surface area (Å²) in [4.78, 5) is 4.33. The smallest absolute Gasteiger partial charge is 0.0943 e. The van der Waals surface area contributed by atoms with E-state index in [1.54, 1.807) is 11.3 Å². The number of nitrogens with zero attached hydrogens (tertiary/aromatic N) is 1. The molecule has 0 unspecified atom stereocenters. The SMILES string of the molecule is CCC1CCC(N)(Cc2nccs2)CC1. The molecule has 2 nitrogen and oxygen atoms in total. The molecule has 0 aliphatic heterocycles. The average molecular weight is 224 g/mol. The maximum absolute atomic E-state index is 6.43. The highest BCUT2D eigenvalue weighted by Gasteiger charge is 2.31. The molecule has 2 rings (SSSR count). The van der Waals surface area contributed by atoms with Gasteiger partial charge < -0.3 is 5.73 Å². The lowest BCUT2D eigenvalue weighted by Gasteiger charge is -2.36. The van der Waals surface area contributed by atoms with Gasteiger partial charge in [-0.15, -0.1) is 11.3 Å². The van der Waals surface area contributed by atoms with Crippen LogP contribution < -0.4 is 5.73 Å². The lowest BCUT2D eigenvalue weighted by molar-refractivity contribution is 0.228. The Morgan fingerprint density at radius 1 is 1.53 bits per heavy atom. The van der Waals surface area contributed by atoms with E-state index in [1.165, 1.54) is 37.1 Å². The van der Waals surface area contributed by atoms with Gasteiger partial charge >= 0.3 is 0 Å². The second-order valence-corrected chi connectivity index (χ2v) is 5.80. The van der Waals surface area contributed by atoms with Crippen molar-refractivity contribution in [3.8, 4) is 0 Å². The molecule has 0 bridgehead atoms. The number of hydrogen-bond donors (Lipinski definition) is 1. The van der Waals surface area contributed by atoms with E-state index in [4.69, 9.17) is 5.73 Å². The number of thiazole rings is 1. The fourth-order valence-corrected chi connectivity index (χ4v) is 3.25. The van der Waals surface area contributed by atoms with Crippen LogP contribution in [0.5, 0.6) is 0 Å². The number of hydrogen-bond acceptors (Lipinski definition) is 3. The van der Waals surface area contributed by atoms with Crippen molar-refractivity contribution in [2.75, 3.05) is 0 Å². The first-order valence-electron chi connectivity index (χ1n) is 5.89. The predicted octanol–water partition coefficient (Wildman–Crippen LogP) is 2.98. The van der Waals surface area contributed by atoms with E-state index in [1.807, 2.05) is 11.6 Å². The summed E-state index contributed by atoms with van der Waals surface area (Å²) in [5.74, 6) is 0.915. The van der Waals surface area contributed by atoms with Crippen molar-refractivity contribution in [2.24, 2.45) is 11.7 Å². The molecular weight excluding hydrogens is 204 g/mol. The molecule has 1 fully saturated rings. The number of rotatable bonds is 3. The molecule has 2 N–H and O–H groups in total. The van der Waals surface area contributed by atoms with Crippen molar-refractivity contribution in [1.29, 1.82) is 0 Å². The third kappa shape index (κ3) is 2.79. The lowest BCUT2D eigenvalue weighted by atomic mass is 9.75. The van der Waals surface area contributed by atoms with Crippen LogP contribution >= 0.6 is 11.3 Å². The first-order chi connectivity index (χ1) is 7.22. The van der Waals surface area contributed by atoms with Gasteiger partial charge in [-0.1, -0.05) is 13.3 Å². The van der Waals surface area contributed by atoms with Gasteiger partial charge in [0.1, 0.15) is 0 Å². The summed E-state index contributed by atoms with van der Waals surface area (Å²) >= 11 is 1.73. The Balaban J connectivity index is 1.92. The Kier molecular flexibility index (Phi) is 3.42. The third-order valence-corrected chi connectivity index (χ3v) is 4.44. The van der Waals surface area contributed by atoms with E-state index >= 15 is 0 Å². The van der Waals surface area contributed by atoms with Gasteiger partial charge in [0.2, 0.25) is 0 Å². The predicted molar refractivity (Wildman–Crippen MR) is 65.0 cm³/mol. The van der Waals surface area contributed by atoms with Gasteiger partial charge in [-0.2, -0.15) is 0 Å². The highest BCUT2D eigenvalue weighted by atomic mass is 32.1. The van der Waals surface area contributed by atoms with Crippen molar-refractivity contribution < 1.29 is 0 Å². The van der Waals surface area contributed by atoms with Crippen LogP contribution in [0.4, 0.5) is 0 Å². The summed E-state index contributed by atoms with van der Waals surface area (Å²) in [5.41, 5.74) is 6.47. The van der Waals surface area contributed by atoms with Crippen LogP contribution in [0, 0.1) is 5.92 Å². The highest BCUT2D eigenvalue weighted by Crippen LogP contribution is 2.34. The molecule has 0 aromatic carbocycles. The molecule has 1 heterocycles. The van der Waals surface area contributed by atoms with Crippen molar-refractivity contribution in [1.82, 2.24) is 4.98 Å². The molecule has 0 spiro atoms. The maximum atomic E-state index is 6.43. The molecule has 1 aromatic heterocycles. The molecule has 84 valence electrons. The van der Waals surface area contributed by atoms with Crippen LogP contribution in [0.1, 0.15) is 44.0 Å². The molecule has 1 aliphatic rings. The van der Waals surface area contributed by atoms with Gasteiger partial charge in [0.25, 0.3) is 0 Å². The van der Waals surface area contributed by atoms with Crippen molar-refractivity contribution in [3.63, 3.8) is 0 Å². The van der Waals surface area contributed by atoms with E-state index in [0.717, 1.165) is 12.3 Å². The fourth-order valence-electron chi connectivity index (χ4n) is 2.48. The van der Waals surface area contributed by atoms with E-state index in [2.05, 4.69) is 11.9 Å². The van der Waals surface area contributed by atoms with Crippen LogP contribution in [-0.4, -0.2) is 10.5 Å². The van der Waals surface area contributed by atoms with Crippen molar-refractivity contribution in [3.05, 3.63) is 16.6 Å². The molecule has 1 aliphatic carbocycles. The van der Waals surface area contributed by atoms with Crippen LogP contribution in [0.2, 0.25) is 0 Å². The normalized spacial score (nSPS) is 31.7. The molecule has 0 atom stereocenters. The minimum Gasteiger partial charge on any atom is -0.325 e. The van der Waals surface area contributed by atoms with Crippen LogP contribution in [0.15, 0.2) is 11.6 Å². The Labute approximate surface area is 95.9 Å². The standard InChI is InChI=1S/C12H20N2S/c1-2-10-3-5-12(13,6-4-10)9-11-14-7-8-15-11/h7-8,10H,2-6,9,13H2,1H3. The average Bonchev–Trinajstić information content (AvgIpc) is 2.71. The molecule has 0 amide bonds. The Morgan fingerprint density at radius 2 is 2.27 bits per heavy atom. The fraction of sp³-hybridized carbons (Fsp3) is 0.750. The Morgan fingerprint density at radius 3 is 2.80 bits per heavy atom. The van der Waals surface area contributed by atoms with Crippen LogP contribution in [0.3, 0.4) is 0 Å². The van der Waals surface area contributed by atoms with E-state index < -0.39 is 0 Å².